The third-order valence-corrected chi connectivity index (χ3v) is 2.33. The van der Waals surface area contributed by atoms with Gasteiger partial charge in [-0.2, -0.15) is 0 Å². The average molecular weight is 174 g/mol. The maximum absolute atomic E-state index is 8.87. The van der Waals surface area contributed by atoms with Gasteiger partial charge in [0.1, 0.15) is 0 Å². The number of rotatable bonds is 4. The van der Waals surface area contributed by atoms with E-state index in [-0.39, 0.29) is 12.6 Å². The van der Waals surface area contributed by atoms with Gasteiger partial charge in [-0.3, -0.25) is 11.3 Å². The fourth-order valence-electron chi connectivity index (χ4n) is 1.59. The third-order valence-electron chi connectivity index (χ3n) is 2.33. The van der Waals surface area contributed by atoms with E-state index in [0.717, 1.165) is 26.1 Å². The lowest BCUT2D eigenvalue weighted by Crippen LogP contribution is -2.40. The summed E-state index contributed by atoms with van der Waals surface area (Å²) in [6, 6.07) is 0.0247. The Morgan fingerprint density at radius 3 is 3.00 bits per heavy atom. The highest BCUT2D eigenvalue weighted by molar-refractivity contribution is 4.71. The van der Waals surface area contributed by atoms with Gasteiger partial charge in [-0.25, -0.2) is 0 Å². The minimum absolute atomic E-state index is 0.0247. The first-order valence-electron chi connectivity index (χ1n) is 4.51. The Kier molecular flexibility index (Phi) is 4.53. The number of hydrogen-bond acceptors (Lipinski definition) is 4. The van der Waals surface area contributed by atoms with E-state index in [4.69, 9.17) is 15.7 Å². The molecule has 0 bridgehead atoms. The summed E-state index contributed by atoms with van der Waals surface area (Å²) in [4.78, 5) is 0. The van der Waals surface area contributed by atoms with Crippen LogP contribution < -0.4 is 11.3 Å². The topological polar surface area (TPSA) is 67.5 Å². The first kappa shape index (κ1) is 9.92. The van der Waals surface area contributed by atoms with Crippen LogP contribution in [0.1, 0.15) is 19.3 Å². The zero-order valence-corrected chi connectivity index (χ0v) is 7.33. The lowest BCUT2D eigenvalue weighted by atomic mass is 9.95. The van der Waals surface area contributed by atoms with Crippen molar-refractivity contribution >= 4 is 0 Å². The summed E-state index contributed by atoms with van der Waals surface area (Å²) < 4.78 is 5.32. The predicted octanol–water partition coefficient (Wildman–Crippen LogP) is -0.373. The van der Waals surface area contributed by atoms with Gasteiger partial charge in [0.25, 0.3) is 0 Å². The standard InChI is InChI=1S/C8H18N2O2/c9-10-8(5-11)4-7-2-1-3-12-6-7/h7-8,10-11H,1-6,9H2. The van der Waals surface area contributed by atoms with Crippen molar-refractivity contribution < 1.29 is 9.84 Å². The van der Waals surface area contributed by atoms with Crippen LogP contribution in [-0.4, -0.2) is 31.0 Å². The van der Waals surface area contributed by atoms with E-state index in [1.54, 1.807) is 0 Å². The molecule has 1 aliphatic rings. The van der Waals surface area contributed by atoms with Crippen molar-refractivity contribution in [2.75, 3.05) is 19.8 Å². The van der Waals surface area contributed by atoms with Gasteiger partial charge in [0.2, 0.25) is 0 Å². The first-order valence-corrected chi connectivity index (χ1v) is 4.51. The second kappa shape index (κ2) is 5.48. The number of nitrogens with two attached hydrogens (primary N) is 1. The Labute approximate surface area is 73.1 Å². The normalized spacial score (nSPS) is 27.0. The van der Waals surface area contributed by atoms with E-state index < -0.39 is 0 Å². The molecule has 4 heteroatoms. The molecule has 1 fully saturated rings. The maximum Gasteiger partial charge on any atom is 0.0598 e. The highest BCUT2D eigenvalue weighted by Gasteiger charge is 2.17. The number of ether oxygens (including phenoxy) is 1. The molecule has 72 valence electrons. The van der Waals surface area contributed by atoms with Gasteiger partial charge >= 0.3 is 0 Å². The lowest BCUT2D eigenvalue weighted by Gasteiger charge is -2.25. The average Bonchev–Trinajstić information content (AvgIpc) is 2.16. The number of aliphatic hydroxyl groups excluding tert-OH is 1. The largest absolute Gasteiger partial charge is 0.395 e. The van der Waals surface area contributed by atoms with Crippen molar-refractivity contribution in [1.82, 2.24) is 5.43 Å². The summed E-state index contributed by atoms with van der Waals surface area (Å²) >= 11 is 0. The van der Waals surface area contributed by atoms with Gasteiger partial charge in [0.05, 0.1) is 6.61 Å². The molecule has 1 rings (SSSR count). The molecular formula is C8H18N2O2. The minimum atomic E-state index is 0.0247. The van der Waals surface area contributed by atoms with Crippen molar-refractivity contribution in [1.29, 1.82) is 0 Å². The molecule has 0 aliphatic carbocycles. The molecule has 0 aromatic carbocycles. The van der Waals surface area contributed by atoms with E-state index in [2.05, 4.69) is 5.43 Å². The van der Waals surface area contributed by atoms with Gasteiger partial charge in [-0.1, -0.05) is 0 Å². The molecule has 0 aromatic rings. The van der Waals surface area contributed by atoms with E-state index in [1.165, 1.54) is 6.42 Å². The van der Waals surface area contributed by atoms with Crippen LogP contribution >= 0.6 is 0 Å². The van der Waals surface area contributed by atoms with Crippen LogP contribution in [0.15, 0.2) is 0 Å². The van der Waals surface area contributed by atoms with E-state index in [0.29, 0.717) is 5.92 Å². The maximum atomic E-state index is 8.87. The van der Waals surface area contributed by atoms with Crippen LogP contribution in [0.3, 0.4) is 0 Å². The van der Waals surface area contributed by atoms with E-state index in [9.17, 15) is 0 Å². The zero-order chi connectivity index (χ0) is 8.81. The zero-order valence-electron chi connectivity index (χ0n) is 7.33. The SMILES string of the molecule is NNC(CO)CC1CCCOC1. The number of nitrogens with one attached hydrogen (secondary N) is 1. The van der Waals surface area contributed by atoms with Crippen LogP contribution in [0, 0.1) is 5.92 Å². The molecule has 1 aliphatic heterocycles. The minimum Gasteiger partial charge on any atom is -0.395 e. The van der Waals surface area contributed by atoms with Crippen molar-refractivity contribution in [3.05, 3.63) is 0 Å². The number of hydrazine groups is 1. The van der Waals surface area contributed by atoms with Crippen molar-refractivity contribution in [2.24, 2.45) is 11.8 Å². The highest BCUT2D eigenvalue weighted by atomic mass is 16.5. The molecule has 4 N–H and O–H groups in total. The predicted molar refractivity (Wildman–Crippen MR) is 46.4 cm³/mol. The Bertz CT molecular complexity index is 112. The van der Waals surface area contributed by atoms with Crippen molar-refractivity contribution in [3.8, 4) is 0 Å². The van der Waals surface area contributed by atoms with Gasteiger partial charge in [0, 0.05) is 19.3 Å². The van der Waals surface area contributed by atoms with Crippen LogP contribution in [-0.2, 0) is 4.74 Å². The molecular weight excluding hydrogens is 156 g/mol. The third kappa shape index (κ3) is 3.06. The van der Waals surface area contributed by atoms with Crippen LogP contribution in [0.25, 0.3) is 0 Å². The summed E-state index contributed by atoms with van der Waals surface area (Å²) in [5, 5.41) is 8.87. The van der Waals surface area contributed by atoms with Crippen LogP contribution in [0.5, 0.6) is 0 Å². The first-order chi connectivity index (χ1) is 5.86. The molecule has 2 unspecified atom stereocenters. The van der Waals surface area contributed by atoms with Crippen LogP contribution in [0.4, 0.5) is 0 Å². The molecule has 0 saturated carbocycles. The fraction of sp³-hybridized carbons (Fsp3) is 1.00. The van der Waals surface area contributed by atoms with Gasteiger partial charge in [-0.05, 0) is 25.2 Å². The Balaban J connectivity index is 2.18. The Morgan fingerprint density at radius 2 is 2.50 bits per heavy atom. The summed E-state index contributed by atoms with van der Waals surface area (Å²) in [7, 11) is 0. The molecule has 1 heterocycles. The Morgan fingerprint density at radius 1 is 1.67 bits per heavy atom. The number of hydrogen-bond donors (Lipinski definition) is 3. The summed E-state index contributed by atoms with van der Waals surface area (Å²) in [6.07, 6.45) is 3.23. The monoisotopic (exact) mass is 174 g/mol. The summed E-state index contributed by atoms with van der Waals surface area (Å²) in [5.74, 6) is 5.81. The van der Waals surface area contributed by atoms with Gasteiger partial charge in [-0.15, -0.1) is 0 Å². The molecule has 2 atom stereocenters. The van der Waals surface area contributed by atoms with Crippen LogP contribution in [0.2, 0.25) is 0 Å². The summed E-state index contributed by atoms with van der Waals surface area (Å²) in [5.41, 5.74) is 2.59. The molecule has 0 amide bonds. The van der Waals surface area contributed by atoms with Gasteiger partial charge in [0.15, 0.2) is 0 Å². The van der Waals surface area contributed by atoms with Crippen molar-refractivity contribution in [2.45, 2.75) is 25.3 Å². The second-order valence-electron chi connectivity index (χ2n) is 3.37. The number of aliphatic hydroxyl groups is 1. The molecule has 0 radical (unpaired) electrons. The van der Waals surface area contributed by atoms with Gasteiger partial charge < -0.3 is 9.84 Å². The van der Waals surface area contributed by atoms with E-state index in [1.807, 2.05) is 0 Å². The quantitative estimate of drug-likeness (QED) is 0.402. The lowest BCUT2D eigenvalue weighted by molar-refractivity contribution is 0.0441. The van der Waals surface area contributed by atoms with E-state index >= 15 is 0 Å². The highest BCUT2D eigenvalue weighted by Crippen LogP contribution is 2.18. The molecule has 1 saturated heterocycles. The molecule has 0 aromatic heterocycles. The second-order valence-corrected chi connectivity index (χ2v) is 3.37. The fourth-order valence-corrected chi connectivity index (χ4v) is 1.59. The molecule has 0 spiro atoms. The molecule has 4 nitrogen and oxygen atoms in total. The Hall–Kier alpha value is -0.160. The van der Waals surface area contributed by atoms with Crippen molar-refractivity contribution in [3.63, 3.8) is 0 Å². The summed E-state index contributed by atoms with van der Waals surface area (Å²) in [6.45, 7) is 1.81. The smallest absolute Gasteiger partial charge is 0.0598 e. The molecule has 12 heavy (non-hydrogen) atoms.